The molecule has 25 heavy (non-hydrogen) atoms. The van der Waals surface area contributed by atoms with Crippen LogP contribution >= 0.6 is 35.0 Å². The first-order valence-electron chi connectivity index (χ1n) is 7.76. The highest BCUT2D eigenvalue weighted by atomic mass is 35.5. The molecule has 0 atom stereocenters. The summed E-state index contributed by atoms with van der Waals surface area (Å²) in [4.78, 5) is 17.0. The van der Waals surface area contributed by atoms with Gasteiger partial charge in [-0.05, 0) is 48.0 Å². The third-order valence-electron chi connectivity index (χ3n) is 4.01. The van der Waals surface area contributed by atoms with Crippen molar-refractivity contribution in [2.45, 2.75) is 16.2 Å². The highest BCUT2D eigenvalue weighted by Crippen LogP contribution is 2.48. The number of anilines is 2. The minimum absolute atomic E-state index is 0.00131. The lowest BCUT2D eigenvalue weighted by molar-refractivity contribution is -0.117. The molecule has 1 aliphatic heterocycles. The predicted molar refractivity (Wildman–Crippen MR) is 104 cm³/mol. The first kappa shape index (κ1) is 16.5. The number of hydrogen-bond donors (Lipinski definition) is 0. The van der Waals surface area contributed by atoms with E-state index in [1.807, 2.05) is 54.6 Å². The first-order valence-corrected chi connectivity index (χ1v) is 9.33. The molecule has 0 saturated carbocycles. The van der Waals surface area contributed by atoms with Gasteiger partial charge >= 0.3 is 0 Å². The van der Waals surface area contributed by atoms with Crippen molar-refractivity contribution in [3.05, 3.63) is 82.3 Å². The molecule has 4 rings (SSSR count). The maximum absolute atomic E-state index is 13.1. The van der Waals surface area contributed by atoms with Gasteiger partial charge in [0.15, 0.2) is 0 Å². The Morgan fingerprint density at radius 2 is 1.52 bits per heavy atom. The molecule has 1 amide bonds. The van der Waals surface area contributed by atoms with Gasteiger partial charge in [0.1, 0.15) is 0 Å². The van der Waals surface area contributed by atoms with Crippen LogP contribution in [-0.4, -0.2) is 5.91 Å². The fraction of sp³-hybridized carbons (Fsp3) is 0.0500. The van der Waals surface area contributed by atoms with E-state index in [0.29, 0.717) is 16.5 Å². The lowest BCUT2D eigenvalue weighted by Crippen LogP contribution is -2.29. The molecule has 3 aromatic rings. The largest absolute Gasteiger partial charge is 0.278 e. The van der Waals surface area contributed by atoms with Crippen LogP contribution in [0.4, 0.5) is 11.4 Å². The van der Waals surface area contributed by atoms with Gasteiger partial charge in [0.05, 0.1) is 17.8 Å². The van der Waals surface area contributed by atoms with E-state index in [9.17, 15) is 4.79 Å². The van der Waals surface area contributed by atoms with Crippen LogP contribution in [0.1, 0.15) is 5.56 Å². The number of benzene rings is 3. The van der Waals surface area contributed by atoms with Crippen LogP contribution in [0.2, 0.25) is 10.0 Å². The van der Waals surface area contributed by atoms with Gasteiger partial charge in [-0.15, -0.1) is 0 Å². The van der Waals surface area contributed by atoms with E-state index in [1.54, 1.807) is 28.8 Å². The van der Waals surface area contributed by atoms with Gasteiger partial charge in [0.2, 0.25) is 5.91 Å². The molecule has 0 fully saturated rings. The van der Waals surface area contributed by atoms with Crippen molar-refractivity contribution < 1.29 is 4.79 Å². The number of para-hydroxylation sites is 1. The molecule has 2 nitrogen and oxygen atoms in total. The van der Waals surface area contributed by atoms with Crippen LogP contribution in [0.15, 0.2) is 76.5 Å². The van der Waals surface area contributed by atoms with Gasteiger partial charge in [-0.3, -0.25) is 9.69 Å². The van der Waals surface area contributed by atoms with E-state index in [4.69, 9.17) is 23.2 Å². The van der Waals surface area contributed by atoms with E-state index in [-0.39, 0.29) is 5.91 Å². The highest BCUT2D eigenvalue weighted by molar-refractivity contribution is 7.99. The molecule has 0 saturated heterocycles. The van der Waals surface area contributed by atoms with Crippen molar-refractivity contribution in [3.63, 3.8) is 0 Å². The van der Waals surface area contributed by atoms with Crippen LogP contribution in [-0.2, 0) is 11.2 Å². The Labute approximate surface area is 160 Å². The summed E-state index contributed by atoms with van der Waals surface area (Å²) in [6, 6.07) is 20.9. The lowest BCUT2D eigenvalue weighted by atomic mass is 10.1. The molecule has 0 spiro atoms. The Morgan fingerprint density at radius 1 is 0.840 bits per heavy atom. The van der Waals surface area contributed by atoms with Gasteiger partial charge < -0.3 is 0 Å². The van der Waals surface area contributed by atoms with Gasteiger partial charge in [0, 0.05) is 19.8 Å². The smallest absolute Gasteiger partial charge is 0.236 e. The average molecular weight is 386 g/mol. The van der Waals surface area contributed by atoms with Crippen LogP contribution in [0, 0.1) is 0 Å². The van der Waals surface area contributed by atoms with Crippen LogP contribution in [0.25, 0.3) is 0 Å². The molecular weight excluding hydrogens is 373 g/mol. The maximum atomic E-state index is 13.1. The zero-order valence-electron chi connectivity index (χ0n) is 13.1. The summed E-state index contributed by atoms with van der Waals surface area (Å²) in [5.74, 6) is -0.00131. The Hall–Kier alpha value is -1.94. The molecule has 0 unspecified atom stereocenters. The summed E-state index contributed by atoms with van der Waals surface area (Å²) in [6.45, 7) is 0. The normalized spacial score (nSPS) is 12.5. The number of rotatable bonds is 2. The van der Waals surface area contributed by atoms with Gasteiger partial charge in [-0.25, -0.2) is 0 Å². The molecular formula is C20H13Cl2NOS. The predicted octanol–water partition coefficient (Wildman–Crippen LogP) is 6.37. The summed E-state index contributed by atoms with van der Waals surface area (Å²) < 4.78 is 0. The molecule has 0 radical (unpaired) electrons. The number of halogens is 2. The van der Waals surface area contributed by atoms with Crippen molar-refractivity contribution >= 4 is 52.2 Å². The standard InChI is InChI=1S/C20H13Cl2NOS/c21-14-7-5-13(6-8-14)11-20(24)23-16-3-1-2-4-18(16)25-19-10-9-15(22)12-17(19)23/h1-10,12H,11H2. The molecule has 124 valence electrons. The van der Waals surface area contributed by atoms with Gasteiger partial charge in [0.25, 0.3) is 0 Å². The maximum Gasteiger partial charge on any atom is 0.236 e. The lowest BCUT2D eigenvalue weighted by Gasteiger charge is -2.31. The third kappa shape index (κ3) is 3.28. The minimum Gasteiger partial charge on any atom is -0.278 e. The summed E-state index contributed by atoms with van der Waals surface area (Å²) in [6.07, 6.45) is 0.294. The minimum atomic E-state index is -0.00131. The molecule has 0 bridgehead atoms. The van der Waals surface area contributed by atoms with Crippen LogP contribution < -0.4 is 4.90 Å². The number of carbonyl (C=O) groups excluding carboxylic acids is 1. The molecule has 5 heteroatoms. The monoisotopic (exact) mass is 385 g/mol. The zero-order valence-corrected chi connectivity index (χ0v) is 15.4. The Bertz CT molecular complexity index is 956. The van der Waals surface area contributed by atoms with Crippen molar-refractivity contribution in [2.75, 3.05) is 4.90 Å². The number of fused-ring (bicyclic) bond motifs is 2. The van der Waals surface area contributed by atoms with Crippen LogP contribution in [0.3, 0.4) is 0 Å². The molecule has 3 aromatic carbocycles. The Balaban J connectivity index is 1.76. The van der Waals surface area contributed by atoms with Crippen molar-refractivity contribution in [1.29, 1.82) is 0 Å². The fourth-order valence-electron chi connectivity index (χ4n) is 2.85. The van der Waals surface area contributed by atoms with Gasteiger partial charge in [-0.1, -0.05) is 59.2 Å². The molecule has 1 heterocycles. The number of amides is 1. The quantitative estimate of drug-likeness (QED) is 0.510. The summed E-state index contributed by atoms with van der Waals surface area (Å²) in [5.41, 5.74) is 2.64. The second kappa shape index (κ2) is 6.75. The average Bonchev–Trinajstić information content (AvgIpc) is 2.61. The number of carbonyl (C=O) groups is 1. The third-order valence-corrected chi connectivity index (χ3v) is 5.62. The highest BCUT2D eigenvalue weighted by Gasteiger charge is 2.28. The van der Waals surface area contributed by atoms with Crippen molar-refractivity contribution in [2.24, 2.45) is 0 Å². The summed E-state index contributed by atoms with van der Waals surface area (Å²) >= 11 is 13.8. The van der Waals surface area contributed by atoms with E-state index in [2.05, 4.69) is 0 Å². The van der Waals surface area contributed by atoms with Crippen molar-refractivity contribution in [1.82, 2.24) is 0 Å². The van der Waals surface area contributed by atoms with Gasteiger partial charge in [-0.2, -0.15) is 0 Å². The zero-order chi connectivity index (χ0) is 17.4. The number of hydrogen-bond acceptors (Lipinski definition) is 2. The molecule has 0 N–H and O–H groups in total. The number of nitrogens with zero attached hydrogens (tertiary/aromatic N) is 1. The second-order valence-corrected chi connectivity index (χ2v) is 7.67. The first-order chi connectivity index (χ1) is 12.1. The Morgan fingerprint density at radius 3 is 2.32 bits per heavy atom. The topological polar surface area (TPSA) is 20.3 Å². The molecule has 0 aliphatic carbocycles. The van der Waals surface area contributed by atoms with Crippen LogP contribution in [0.5, 0.6) is 0 Å². The SMILES string of the molecule is O=C(Cc1ccc(Cl)cc1)N1c2ccccc2Sc2ccc(Cl)cc21. The second-order valence-electron chi connectivity index (χ2n) is 5.71. The fourth-order valence-corrected chi connectivity index (χ4v) is 4.18. The van der Waals surface area contributed by atoms with E-state index in [1.165, 1.54) is 0 Å². The molecule has 0 aromatic heterocycles. The molecule has 1 aliphatic rings. The van der Waals surface area contributed by atoms with E-state index >= 15 is 0 Å². The summed E-state index contributed by atoms with van der Waals surface area (Å²) in [7, 11) is 0. The Kier molecular flexibility index (Phi) is 4.46. The van der Waals surface area contributed by atoms with Crippen molar-refractivity contribution in [3.8, 4) is 0 Å². The van der Waals surface area contributed by atoms with E-state index in [0.717, 1.165) is 26.7 Å². The van der Waals surface area contributed by atoms with E-state index < -0.39 is 0 Å². The summed E-state index contributed by atoms with van der Waals surface area (Å²) in [5, 5.41) is 1.27.